The van der Waals surface area contributed by atoms with Gasteiger partial charge in [0, 0.05) is 33.3 Å². The van der Waals surface area contributed by atoms with E-state index in [1.807, 2.05) is 23.7 Å². The molecule has 0 unspecified atom stereocenters. The lowest BCUT2D eigenvalue weighted by molar-refractivity contribution is -0.147. The molecule has 0 bridgehead atoms. The fourth-order valence-corrected chi connectivity index (χ4v) is 3.76. The predicted molar refractivity (Wildman–Crippen MR) is 99.0 cm³/mol. The lowest BCUT2D eigenvalue weighted by Gasteiger charge is -2.08. The average Bonchev–Trinajstić information content (AvgIpc) is 2.78. The smallest absolute Gasteiger partial charge is 0.394 e. The van der Waals surface area contributed by atoms with Gasteiger partial charge >= 0.3 is 11.9 Å². The number of aliphatic carboxylic acids is 1. The molecule has 0 aliphatic rings. The number of halogens is 1. The Labute approximate surface area is 150 Å². The van der Waals surface area contributed by atoms with Gasteiger partial charge in [-0.05, 0) is 46.9 Å². The van der Waals surface area contributed by atoms with Crippen LogP contribution in [0.15, 0.2) is 42.5 Å². The van der Waals surface area contributed by atoms with Gasteiger partial charge < -0.3 is 20.1 Å². The average molecular weight is 436 g/mol. The molecular formula is C17H13IN2O4. The van der Waals surface area contributed by atoms with Crippen molar-refractivity contribution in [3.05, 3.63) is 46.0 Å². The Balaban J connectivity index is 2.11. The lowest BCUT2D eigenvalue weighted by atomic mass is 10.1. The minimum atomic E-state index is -1.53. The maximum absolute atomic E-state index is 11.3. The quantitative estimate of drug-likeness (QED) is 0.425. The number of aryl methyl sites for hydroxylation is 1. The van der Waals surface area contributed by atoms with Gasteiger partial charge in [-0.3, -0.25) is 4.79 Å². The summed E-state index contributed by atoms with van der Waals surface area (Å²) in [5.74, 6) is -2.42. The minimum absolute atomic E-state index is 0.188. The number of carboxylic acid groups (broad SMARTS) is 1. The number of nitrogens with one attached hydrogen (secondary N) is 1. The minimum Gasteiger partial charge on any atom is -0.508 e. The SMILES string of the molecule is Cn1c(-c2cccc(NC(=O)C(=O)O)c2)c(I)c2ccc(O)cc21. The third-order valence-corrected chi connectivity index (χ3v) is 4.80. The van der Waals surface area contributed by atoms with Gasteiger partial charge in [0.05, 0.1) is 11.2 Å². The molecule has 3 N–H and O–H groups in total. The van der Waals surface area contributed by atoms with Crippen LogP contribution < -0.4 is 5.32 Å². The van der Waals surface area contributed by atoms with Crippen molar-refractivity contribution in [2.45, 2.75) is 0 Å². The Bertz CT molecular complexity index is 978. The summed E-state index contributed by atoms with van der Waals surface area (Å²) in [4.78, 5) is 22.0. The van der Waals surface area contributed by atoms with Crippen molar-refractivity contribution in [1.29, 1.82) is 0 Å². The number of phenolic OH excluding ortho intramolecular Hbond substituents is 1. The van der Waals surface area contributed by atoms with Crippen LogP contribution in [-0.2, 0) is 16.6 Å². The first-order valence-electron chi connectivity index (χ1n) is 7.00. The third kappa shape index (κ3) is 2.82. The van der Waals surface area contributed by atoms with Crippen molar-refractivity contribution in [1.82, 2.24) is 4.57 Å². The zero-order valence-electron chi connectivity index (χ0n) is 12.6. The van der Waals surface area contributed by atoms with E-state index in [2.05, 4.69) is 27.9 Å². The fourth-order valence-electron chi connectivity index (χ4n) is 2.63. The first-order valence-corrected chi connectivity index (χ1v) is 8.08. The van der Waals surface area contributed by atoms with E-state index in [9.17, 15) is 14.7 Å². The fraction of sp³-hybridized carbons (Fsp3) is 0.0588. The Hall–Kier alpha value is -2.55. The standard InChI is InChI=1S/C17H13IN2O4/c1-20-13-8-11(21)5-6-12(13)14(18)15(20)9-3-2-4-10(7-9)19-16(22)17(23)24/h2-8,21H,1H3,(H,19,22)(H,23,24). The van der Waals surface area contributed by atoms with Crippen LogP contribution in [0.4, 0.5) is 5.69 Å². The van der Waals surface area contributed by atoms with Crippen LogP contribution in [-0.4, -0.2) is 26.7 Å². The molecule has 1 heterocycles. The lowest BCUT2D eigenvalue weighted by Crippen LogP contribution is -2.21. The number of fused-ring (bicyclic) bond motifs is 1. The normalized spacial score (nSPS) is 10.8. The van der Waals surface area contributed by atoms with Crippen LogP contribution in [0.1, 0.15) is 0 Å². The number of nitrogens with zero attached hydrogens (tertiary/aromatic N) is 1. The molecule has 7 heteroatoms. The Kier molecular flexibility index (Phi) is 4.18. The van der Waals surface area contributed by atoms with Crippen molar-refractivity contribution < 1.29 is 19.8 Å². The van der Waals surface area contributed by atoms with Crippen molar-refractivity contribution in [3.8, 4) is 17.0 Å². The number of phenols is 1. The van der Waals surface area contributed by atoms with Crippen LogP contribution in [0.5, 0.6) is 5.75 Å². The maximum atomic E-state index is 11.3. The highest BCUT2D eigenvalue weighted by Gasteiger charge is 2.16. The number of benzene rings is 2. The van der Waals surface area contributed by atoms with Gasteiger partial charge in [-0.1, -0.05) is 12.1 Å². The van der Waals surface area contributed by atoms with Gasteiger partial charge in [-0.2, -0.15) is 0 Å². The Morgan fingerprint density at radius 3 is 2.62 bits per heavy atom. The molecule has 24 heavy (non-hydrogen) atoms. The van der Waals surface area contributed by atoms with Crippen LogP contribution in [0, 0.1) is 3.57 Å². The van der Waals surface area contributed by atoms with Gasteiger partial charge in [0.2, 0.25) is 0 Å². The zero-order chi connectivity index (χ0) is 17.4. The predicted octanol–water partition coefficient (Wildman–Crippen LogP) is 3.18. The molecule has 0 atom stereocenters. The number of aromatic hydroxyl groups is 1. The summed E-state index contributed by atoms with van der Waals surface area (Å²) in [5, 5.41) is 21.7. The summed E-state index contributed by atoms with van der Waals surface area (Å²) in [6.07, 6.45) is 0. The second kappa shape index (κ2) is 6.16. The molecular weight excluding hydrogens is 423 g/mol. The van der Waals surface area contributed by atoms with E-state index in [1.54, 1.807) is 30.3 Å². The van der Waals surface area contributed by atoms with Gasteiger partial charge in [-0.25, -0.2) is 4.79 Å². The summed E-state index contributed by atoms with van der Waals surface area (Å²) in [6, 6.07) is 12.2. The van der Waals surface area contributed by atoms with Gasteiger partial charge in [0.25, 0.3) is 0 Å². The number of rotatable bonds is 2. The second-order valence-electron chi connectivity index (χ2n) is 5.26. The van der Waals surface area contributed by atoms with E-state index in [-0.39, 0.29) is 5.75 Å². The van der Waals surface area contributed by atoms with Crippen molar-refractivity contribution >= 4 is 51.1 Å². The molecule has 3 rings (SSSR count). The van der Waals surface area contributed by atoms with Crippen LogP contribution in [0.25, 0.3) is 22.2 Å². The van der Waals surface area contributed by atoms with E-state index in [0.717, 1.165) is 25.7 Å². The van der Waals surface area contributed by atoms with Gasteiger partial charge in [-0.15, -0.1) is 0 Å². The molecule has 0 aliphatic carbocycles. The Morgan fingerprint density at radius 2 is 1.92 bits per heavy atom. The molecule has 1 aromatic heterocycles. The largest absolute Gasteiger partial charge is 0.508 e. The summed E-state index contributed by atoms with van der Waals surface area (Å²) < 4.78 is 2.96. The topological polar surface area (TPSA) is 91.6 Å². The number of amides is 1. The highest BCUT2D eigenvalue weighted by Crippen LogP contribution is 2.36. The van der Waals surface area contributed by atoms with Crippen LogP contribution in [0.2, 0.25) is 0 Å². The molecule has 0 radical (unpaired) electrons. The van der Waals surface area contributed by atoms with E-state index in [4.69, 9.17) is 5.11 Å². The molecule has 0 saturated heterocycles. The van der Waals surface area contributed by atoms with Crippen molar-refractivity contribution in [2.75, 3.05) is 5.32 Å². The molecule has 0 saturated carbocycles. The van der Waals surface area contributed by atoms with Crippen molar-refractivity contribution in [3.63, 3.8) is 0 Å². The molecule has 0 spiro atoms. The number of carboxylic acids is 1. The van der Waals surface area contributed by atoms with E-state index < -0.39 is 11.9 Å². The van der Waals surface area contributed by atoms with Crippen LogP contribution in [0.3, 0.4) is 0 Å². The van der Waals surface area contributed by atoms with E-state index in [1.165, 1.54) is 0 Å². The van der Waals surface area contributed by atoms with Gasteiger partial charge in [0.15, 0.2) is 0 Å². The van der Waals surface area contributed by atoms with E-state index >= 15 is 0 Å². The number of anilines is 1. The van der Waals surface area contributed by atoms with Gasteiger partial charge in [0.1, 0.15) is 5.75 Å². The highest BCUT2D eigenvalue weighted by atomic mass is 127. The van der Waals surface area contributed by atoms with Crippen molar-refractivity contribution in [2.24, 2.45) is 7.05 Å². The maximum Gasteiger partial charge on any atom is 0.394 e. The molecule has 0 fully saturated rings. The number of carbonyl (C=O) groups excluding carboxylic acids is 1. The number of hydrogen-bond acceptors (Lipinski definition) is 3. The molecule has 3 aromatic rings. The summed E-state index contributed by atoms with van der Waals surface area (Å²) in [6.45, 7) is 0. The van der Waals surface area contributed by atoms with Crippen LogP contribution >= 0.6 is 22.6 Å². The second-order valence-corrected chi connectivity index (χ2v) is 6.34. The highest BCUT2D eigenvalue weighted by molar-refractivity contribution is 14.1. The molecule has 1 amide bonds. The zero-order valence-corrected chi connectivity index (χ0v) is 14.7. The summed E-state index contributed by atoms with van der Waals surface area (Å²) in [5.41, 5.74) is 3.04. The monoisotopic (exact) mass is 436 g/mol. The summed E-state index contributed by atoms with van der Waals surface area (Å²) >= 11 is 2.24. The molecule has 2 aromatic carbocycles. The first-order chi connectivity index (χ1) is 11.4. The Morgan fingerprint density at radius 1 is 1.17 bits per heavy atom. The molecule has 122 valence electrons. The molecule has 6 nitrogen and oxygen atoms in total. The number of hydrogen-bond donors (Lipinski definition) is 3. The third-order valence-electron chi connectivity index (χ3n) is 3.71. The number of aromatic nitrogens is 1. The first kappa shape index (κ1) is 16.3. The summed E-state index contributed by atoms with van der Waals surface area (Å²) in [7, 11) is 1.89. The molecule has 0 aliphatic heterocycles. The number of carbonyl (C=O) groups is 2. The van der Waals surface area contributed by atoms with E-state index in [0.29, 0.717) is 5.69 Å².